The molecule has 0 saturated carbocycles. The number of rotatable bonds is 10. The Morgan fingerprint density at radius 2 is 1.89 bits per heavy atom. The first-order valence-corrected chi connectivity index (χ1v) is 12.2. The van der Waals surface area contributed by atoms with Gasteiger partial charge in [0.15, 0.2) is 17.1 Å². The van der Waals surface area contributed by atoms with Crippen molar-refractivity contribution in [3.8, 4) is 11.6 Å². The number of furan rings is 1. The maximum atomic E-state index is 12.8. The molecule has 0 unspecified atom stereocenters. The number of benzene rings is 1. The fourth-order valence-electron chi connectivity index (χ4n) is 3.89. The fraction of sp³-hybridized carbons (Fsp3) is 0.280. The van der Waals surface area contributed by atoms with E-state index in [-0.39, 0.29) is 18.3 Å². The van der Waals surface area contributed by atoms with Gasteiger partial charge in [-0.3, -0.25) is 14.8 Å². The van der Waals surface area contributed by atoms with Gasteiger partial charge in [0.1, 0.15) is 0 Å². The number of nitrogens with two attached hydrogens (primary N) is 1. The smallest absolute Gasteiger partial charge is 0.326 e. The Morgan fingerprint density at radius 3 is 2.66 bits per heavy atom. The van der Waals surface area contributed by atoms with Crippen LogP contribution in [0.4, 0.5) is 16.4 Å². The molecule has 0 aliphatic carbocycles. The first-order valence-electron chi connectivity index (χ1n) is 12.2. The van der Waals surface area contributed by atoms with Crippen molar-refractivity contribution < 1.29 is 18.7 Å². The van der Waals surface area contributed by atoms with Crippen LogP contribution in [0, 0.1) is 0 Å². The lowest BCUT2D eigenvalue weighted by molar-refractivity contribution is -0.142. The number of fused-ring (bicyclic) bond motifs is 3. The number of carbonyl (C=O) groups is 2. The summed E-state index contributed by atoms with van der Waals surface area (Å²) in [6, 6.07) is 9.88. The van der Waals surface area contributed by atoms with Gasteiger partial charge in [0.25, 0.3) is 0 Å². The summed E-state index contributed by atoms with van der Waals surface area (Å²) in [5, 5.41) is 15.0. The molecular weight excluding hydrogens is 490 g/mol. The molecule has 0 atom stereocenters. The highest BCUT2D eigenvalue weighted by molar-refractivity contribution is 6.00. The Balaban J connectivity index is 1.25. The molecule has 0 saturated heterocycles. The molecule has 38 heavy (non-hydrogen) atoms. The van der Waals surface area contributed by atoms with Crippen LogP contribution in [0.15, 0.2) is 53.3 Å². The van der Waals surface area contributed by atoms with Crippen molar-refractivity contribution in [3.63, 3.8) is 0 Å². The molecule has 5 aromatic rings. The lowest BCUT2D eigenvalue weighted by atomic mass is 10.1. The van der Waals surface area contributed by atoms with Gasteiger partial charge in [0.2, 0.25) is 11.8 Å². The Hall–Kier alpha value is -4.78. The first kappa shape index (κ1) is 24.9. The molecule has 0 fully saturated rings. The molecule has 0 spiro atoms. The zero-order chi connectivity index (χ0) is 26.5. The van der Waals surface area contributed by atoms with Crippen LogP contribution >= 0.6 is 0 Å². The number of aryl methyl sites for hydroxylation is 1. The number of carbonyl (C=O) groups excluding carboxylic acids is 2. The number of esters is 1. The Kier molecular flexibility index (Phi) is 7.26. The minimum atomic E-state index is -0.534. The van der Waals surface area contributed by atoms with Gasteiger partial charge in [-0.1, -0.05) is 12.1 Å². The van der Waals surface area contributed by atoms with Crippen molar-refractivity contribution >= 4 is 40.3 Å². The molecule has 196 valence electrons. The van der Waals surface area contributed by atoms with Gasteiger partial charge in [-0.2, -0.15) is 14.6 Å². The minimum Gasteiger partial charge on any atom is -0.465 e. The lowest BCUT2D eigenvalue weighted by Crippen LogP contribution is -2.22. The summed E-state index contributed by atoms with van der Waals surface area (Å²) in [5.41, 5.74) is 7.65. The number of unbranched alkanes of at least 4 members (excludes halogenated alkanes) is 2. The van der Waals surface area contributed by atoms with Crippen molar-refractivity contribution in [1.82, 2.24) is 29.4 Å². The van der Waals surface area contributed by atoms with E-state index in [0.717, 1.165) is 24.8 Å². The van der Waals surface area contributed by atoms with Crippen molar-refractivity contribution in [3.05, 3.63) is 54.4 Å². The van der Waals surface area contributed by atoms with Crippen LogP contribution in [-0.2, 0) is 23.0 Å². The molecule has 4 aromatic heterocycles. The van der Waals surface area contributed by atoms with Crippen LogP contribution in [0.5, 0.6) is 0 Å². The Bertz CT molecular complexity index is 1560. The van der Waals surface area contributed by atoms with Gasteiger partial charge in [0, 0.05) is 18.9 Å². The maximum Gasteiger partial charge on any atom is 0.326 e. The summed E-state index contributed by atoms with van der Waals surface area (Å²) in [6.07, 6.45) is 6.12. The second-order valence-corrected chi connectivity index (χ2v) is 8.65. The average Bonchev–Trinajstić information content (AvgIpc) is 3.64. The summed E-state index contributed by atoms with van der Waals surface area (Å²) in [7, 11) is 1.77. The number of hydrogen-bond acceptors (Lipinski definition) is 9. The summed E-state index contributed by atoms with van der Waals surface area (Å²) in [4.78, 5) is 33.9. The quantitative estimate of drug-likeness (QED) is 0.186. The topological polar surface area (TPSA) is 167 Å². The zero-order valence-electron chi connectivity index (χ0n) is 20.8. The Labute approximate surface area is 217 Å². The monoisotopic (exact) mass is 517 g/mol. The molecule has 4 heterocycles. The van der Waals surface area contributed by atoms with Crippen LogP contribution in [0.25, 0.3) is 28.3 Å². The SMILES string of the molecule is Cn1cc2c(nc(NC(=O)Nc3ccc(CC(=O)OCCCCCN)cc3)n3nc(-c4ccco4)nc23)n1. The first-order chi connectivity index (χ1) is 18.5. The van der Waals surface area contributed by atoms with Crippen LogP contribution in [0.3, 0.4) is 0 Å². The summed E-state index contributed by atoms with van der Waals surface area (Å²) < 4.78 is 13.7. The maximum absolute atomic E-state index is 12.8. The van der Waals surface area contributed by atoms with Crippen molar-refractivity contribution in [2.45, 2.75) is 25.7 Å². The van der Waals surface area contributed by atoms with Crippen LogP contribution in [-0.4, -0.2) is 54.5 Å². The summed E-state index contributed by atoms with van der Waals surface area (Å²) in [5.74, 6) is 0.677. The standard InChI is InChI=1S/C25H27N9O4/c1-33-15-18-21(31-33)29-24(34-23(18)28-22(32-34)19-6-5-13-37-19)30-25(36)27-17-9-7-16(8-10-17)14-20(35)38-12-4-2-3-11-26/h5-10,13,15H,2-4,11-12,14,26H2,1H3,(H2,27,29,30,31,36). The van der Waals surface area contributed by atoms with Gasteiger partial charge in [0.05, 0.1) is 24.7 Å². The van der Waals surface area contributed by atoms with Crippen molar-refractivity contribution in [1.29, 1.82) is 0 Å². The molecule has 0 aliphatic rings. The fourth-order valence-corrected chi connectivity index (χ4v) is 3.89. The van der Waals surface area contributed by atoms with Crippen LogP contribution in [0.2, 0.25) is 0 Å². The van der Waals surface area contributed by atoms with Gasteiger partial charge in [-0.05, 0) is 55.6 Å². The van der Waals surface area contributed by atoms with Gasteiger partial charge >= 0.3 is 12.0 Å². The molecule has 0 bridgehead atoms. The normalized spacial score (nSPS) is 11.2. The molecule has 0 aliphatic heterocycles. The van der Waals surface area contributed by atoms with E-state index in [4.69, 9.17) is 14.9 Å². The summed E-state index contributed by atoms with van der Waals surface area (Å²) in [6.45, 7) is 1.03. The second-order valence-electron chi connectivity index (χ2n) is 8.65. The summed E-state index contributed by atoms with van der Waals surface area (Å²) >= 11 is 0. The van der Waals surface area contributed by atoms with Crippen LogP contribution < -0.4 is 16.4 Å². The molecule has 2 amide bonds. The molecule has 13 heteroatoms. The number of urea groups is 1. The Morgan fingerprint density at radius 1 is 1.05 bits per heavy atom. The van der Waals surface area contributed by atoms with E-state index in [0.29, 0.717) is 47.1 Å². The highest BCUT2D eigenvalue weighted by Gasteiger charge is 2.19. The molecule has 4 N–H and O–H groups in total. The van der Waals surface area contributed by atoms with E-state index in [1.54, 1.807) is 54.3 Å². The van der Waals surface area contributed by atoms with Crippen molar-refractivity contribution in [2.75, 3.05) is 23.8 Å². The van der Waals surface area contributed by atoms with E-state index in [2.05, 4.69) is 30.8 Å². The highest BCUT2D eigenvalue weighted by atomic mass is 16.5. The van der Waals surface area contributed by atoms with E-state index >= 15 is 0 Å². The predicted octanol–water partition coefficient (Wildman–Crippen LogP) is 3.13. The number of hydrogen-bond donors (Lipinski definition) is 3. The third-order valence-electron chi connectivity index (χ3n) is 5.71. The van der Waals surface area contributed by atoms with Gasteiger partial charge in [-0.15, -0.1) is 5.10 Å². The molecular formula is C25H27N9O4. The molecule has 0 radical (unpaired) electrons. The van der Waals surface area contributed by atoms with E-state index in [9.17, 15) is 9.59 Å². The average molecular weight is 518 g/mol. The van der Waals surface area contributed by atoms with Gasteiger partial charge in [-0.25, -0.2) is 9.78 Å². The van der Waals surface area contributed by atoms with E-state index in [1.165, 1.54) is 10.8 Å². The van der Waals surface area contributed by atoms with Gasteiger partial charge < -0.3 is 20.2 Å². The van der Waals surface area contributed by atoms with E-state index in [1.807, 2.05) is 0 Å². The number of nitrogens with zero attached hydrogens (tertiary/aromatic N) is 6. The molecule has 5 rings (SSSR count). The zero-order valence-corrected chi connectivity index (χ0v) is 20.8. The number of aromatic nitrogens is 6. The van der Waals surface area contributed by atoms with Crippen molar-refractivity contribution in [2.24, 2.45) is 12.8 Å². The van der Waals surface area contributed by atoms with E-state index < -0.39 is 6.03 Å². The lowest BCUT2D eigenvalue weighted by Gasteiger charge is -2.09. The predicted molar refractivity (Wildman–Crippen MR) is 139 cm³/mol. The second kappa shape index (κ2) is 11.1. The largest absolute Gasteiger partial charge is 0.465 e. The molecule has 1 aromatic carbocycles. The number of amides is 2. The molecule has 13 nitrogen and oxygen atoms in total. The third-order valence-corrected chi connectivity index (χ3v) is 5.71. The van der Waals surface area contributed by atoms with Crippen LogP contribution in [0.1, 0.15) is 24.8 Å². The number of nitrogens with one attached hydrogen (secondary N) is 2. The highest BCUT2D eigenvalue weighted by Crippen LogP contribution is 2.24. The third kappa shape index (κ3) is 5.62. The minimum absolute atomic E-state index is 0.139. The number of ether oxygens (including phenoxy) is 1. The number of anilines is 2.